The van der Waals surface area contributed by atoms with Crippen LogP contribution in [0.15, 0.2) is 53.4 Å². The highest BCUT2D eigenvalue weighted by Crippen LogP contribution is 2.37. The number of aryl methyl sites for hydroxylation is 1. The number of nitro benzene ring substituents is 1. The van der Waals surface area contributed by atoms with Gasteiger partial charge in [0.2, 0.25) is 0 Å². The Balaban J connectivity index is 1.45. The number of nitro groups is 1. The lowest BCUT2D eigenvalue weighted by molar-refractivity contribution is -0.384. The summed E-state index contributed by atoms with van der Waals surface area (Å²) >= 11 is 7.13. The Morgan fingerprint density at radius 3 is 2.50 bits per heavy atom. The van der Waals surface area contributed by atoms with Gasteiger partial charge in [-0.05, 0) is 86.3 Å². The summed E-state index contributed by atoms with van der Waals surface area (Å²) in [6.45, 7) is 5.55. The second-order valence-electron chi connectivity index (χ2n) is 9.50. The van der Waals surface area contributed by atoms with Crippen molar-refractivity contribution >= 4 is 52.0 Å². The van der Waals surface area contributed by atoms with Gasteiger partial charge in [0.1, 0.15) is 5.69 Å². The number of amides is 2. The Morgan fingerprint density at radius 1 is 1.05 bits per heavy atom. The zero-order chi connectivity index (χ0) is 27.0. The van der Waals surface area contributed by atoms with Crippen LogP contribution in [-0.2, 0) is 11.3 Å². The predicted octanol–water partition coefficient (Wildman–Crippen LogP) is 6.88. The summed E-state index contributed by atoms with van der Waals surface area (Å²) in [5.41, 5.74) is 4.56. The first kappa shape index (κ1) is 26.1. The quantitative estimate of drug-likeness (QED) is 0.189. The topological polar surface area (TPSA) is 88.7 Å². The molecule has 2 aromatic carbocycles. The van der Waals surface area contributed by atoms with Crippen LogP contribution in [0.2, 0.25) is 5.02 Å². The molecule has 2 aliphatic rings. The van der Waals surface area contributed by atoms with Crippen molar-refractivity contribution in [3.8, 4) is 5.69 Å². The minimum atomic E-state index is -0.369. The van der Waals surface area contributed by atoms with Crippen LogP contribution in [0.25, 0.3) is 11.8 Å². The number of carbonyl (C=O) groups is 2. The number of aromatic nitrogens is 1. The van der Waals surface area contributed by atoms with Gasteiger partial charge in [0, 0.05) is 35.6 Å². The van der Waals surface area contributed by atoms with Crippen molar-refractivity contribution < 1.29 is 14.5 Å². The summed E-state index contributed by atoms with van der Waals surface area (Å²) in [6, 6.07) is 14.4. The molecule has 10 heteroatoms. The maximum atomic E-state index is 13.1. The van der Waals surface area contributed by atoms with Gasteiger partial charge < -0.3 is 9.47 Å². The molecule has 0 spiro atoms. The fraction of sp³-hybridized carbons (Fsp3) is 0.286. The molecule has 5 rings (SSSR count). The summed E-state index contributed by atoms with van der Waals surface area (Å²) in [5.74, 6) is -0.369. The number of thioether (sulfide) groups is 1. The molecule has 196 valence electrons. The molecule has 0 atom stereocenters. The Hall–Kier alpha value is -3.56. The number of hydrogen-bond acceptors (Lipinski definition) is 6. The molecule has 2 saturated heterocycles. The lowest BCUT2D eigenvalue weighted by Crippen LogP contribution is -2.30. The first-order valence-corrected chi connectivity index (χ1v) is 13.7. The van der Waals surface area contributed by atoms with Gasteiger partial charge in [0.25, 0.3) is 16.8 Å². The molecule has 0 aliphatic carbocycles. The monoisotopic (exact) mass is 550 g/mol. The van der Waals surface area contributed by atoms with Crippen LogP contribution in [0.5, 0.6) is 0 Å². The highest BCUT2D eigenvalue weighted by atomic mass is 35.5. The van der Waals surface area contributed by atoms with Crippen LogP contribution in [0, 0.1) is 24.0 Å². The molecule has 3 heterocycles. The minimum absolute atomic E-state index is 0.0825. The van der Waals surface area contributed by atoms with E-state index in [1.807, 2.05) is 42.7 Å². The third-order valence-electron chi connectivity index (χ3n) is 7.03. The summed E-state index contributed by atoms with van der Waals surface area (Å²) in [6.07, 6.45) is 4.92. The van der Waals surface area contributed by atoms with E-state index in [0.717, 1.165) is 61.1 Å². The molecule has 2 aliphatic heterocycles. The Morgan fingerprint density at radius 2 is 1.79 bits per heavy atom. The van der Waals surface area contributed by atoms with Gasteiger partial charge >= 0.3 is 0 Å². The van der Waals surface area contributed by atoms with E-state index in [-0.39, 0.29) is 28.3 Å². The fourth-order valence-electron chi connectivity index (χ4n) is 5.10. The van der Waals surface area contributed by atoms with Gasteiger partial charge in [-0.1, -0.05) is 29.8 Å². The lowest BCUT2D eigenvalue weighted by atomic mass is 10.1. The normalized spacial score (nSPS) is 17.1. The van der Waals surface area contributed by atoms with Gasteiger partial charge in [-0.15, -0.1) is 0 Å². The van der Waals surface area contributed by atoms with E-state index >= 15 is 0 Å². The van der Waals surface area contributed by atoms with Crippen LogP contribution in [0.3, 0.4) is 0 Å². The molecule has 0 N–H and O–H groups in total. The summed E-state index contributed by atoms with van der Waals surface area (Å²) in [4.78, 5) is 41.0. The number of benzene rings is 2. The van der Waals surface area contributed by atoms with E-state index in [9.17, 15) is 19.7 Å². The average molecular weight is 551 g/mol. The molecular weight excluding hydrogens is 524 g/mol. The van der Waals surface area contributed by atoms with E-state index in [0.29, 0.717) is 26.9 Å². The first-order chi connectivity index (χ1) is 18.2. The maximum Gasteiger partial charge on any atom is 0.294 e. The molecule has 38 heavy (non-hydrogen) atoms. The van der Waals surface area contributed by atoms with Gasteiger partial charge in [-0.25, -0.2) is 0 Å². The average Bonchev–Trinajstić information content (AvgIpc) is 3.34. The van der Waals surface area contributed by atoms with E-state index in [4.69, 9.17) is 11.6 Å². The van der Waals surface area contributed by atoms with Gasteiger partial charge in [-0.3, -0.25) is 24.6 Å². The Labute approximate surface area is 230 Å². The number of halogens is 1. The van der Waals surface area contributed by atoms with Gasteiger partial charge in [-0.2, -0.15) is 0 Å². The van der Waals surface area contributed by atoms with Crippen LogP contribution in [0.1, 0.15) is 41.8 Å². The van der Waals surface area contributed by atoms with E-state index in [1.54, 1.807) is 30.3 Å². The van der Waals surface area contributed by atoms with Crippen LogP contribution in [0.4, 0.5) is 16.2 Å². The standard InChI is InChI=1S/C28H27ClN4O4S/c1-18-14-21(15-26-27(34)31(28(35)38-26)17-20-8-4-5-9-23(20)29)19(2)32(18)22-10-11-24(25(16-22)33(36)37)30-12-6-3-7-13-30/h4-5,8-11,14-16H,3,6-7,12-13,17H2,1-2H3/b26-15-. The van der Waals surface area contributed by atoms with Gasteiger partial charge in [0.05, 0.1) is 22.1 Å². The van der Waals surface area contributed by atoms with Gasteiger partial charge in [0.15, 0.2) is 0 Å². The van der Waals surface area contributed by atoms with Crippen LogP contribution in [-0.4, -0.2) is 38.6 Å². The highest BCUT2D eigenvalue weighted by Gasteiger charge is 2.35. The predicted molar refractivity (Wildman–Crippen MR) is 151 cm³/mol. The molecular formula is C28H27ClN4O4S. The number of carbonyl (C=O) groups excluding carboxylic acids is 2. The lowest BCUT2D eigenvalue weighted by Gasteiger charge is -2.28. The number of piperidine rings is 1. The molecule has 0 unspecified atom stereocenters. The second-order valence-corrected chi connectivity index (χ2v) is 10.9. The summed E-state index contributed by atoms with van der Waals surface area (Å²) < 4.78 is 1.94. The molecule has 3 aromatic rings. The Kier molecular flexibility index (Phi) is 7.32. The van der Waals surface area contributed by atoms with Crippen molar-refractivity contribution in [3.05, 3.63) is 91.1 Å². The largest absolute Gasteiger partial charge is 0.366 e. The van der Waals surface area contributed by atoms with Crippen LogP contribution >= 0.6 is 23.4 Å². The van der Waals surface area contributed by atoms with E-state index in [2.05, 4.69) is 4.90 Å². The zero-order valence-electron chi connectivity index (χ0n) is 21.1. The van der Waals surface area contributed by atoms with Crippen LogP contribution < -0.4 is 4.90 Å². The maximum absolute atomic E-state index is 13.1. The minimum Gasteiger partial charge on any atom is -0.366 e. The molecule has 1 aromatic heterocycles. The van der Waals surface area contributed by atoms with Crippen molar-refractivity contribution in [2.24, 2.45) is 0 Å². The first-order valence-electron chi connectivity index (χ1n) is 12.5. The molecule has 2 amide bonds. The molecule has 0 saturated carbocycles. The van der Waals surface area contributed by atoms with Crippen molar-refractivity contribution in [2.45, 2.75) is 39.7 Å². The van der Waals surface area contributed by atoms with E-state index in [1.165, 1.54) is 4.90 Å². The van der Waals surface area contributed by atoms with Crippen molar-refractivity contribution in [2.75, 3.05) is 18.0 Å². The summed E-state index contributed by atoms with van der Waals surface area (Å²) in [7, 11) is 0. The fourth-order valence-corrected chi connectivity index (χ4v) is 6.13. The highest BCUT2D eigenvalue weighted by molar-refractivity contribution is 8.18. The number of hydrogen-bond donors (Lipinski definition) is 0. The number of nitrogens with zero attached hydrogens (tertiary/aromatic N) is 4. The van der Waals surface area contributed by atoms with E-state index < -0.39 is 0 Å². The zero-order valence-corrected chi connectivity index (χ0v) is 22.7. The van der Waals surface area contributed by atoms with Crippen molar-refractivity contribution in [1.82, 2.24) is 9.47 Å². The van der Waals surface area contributed by atoms with Crippen molar-refractivity contribution in [1.29, 1.82) is 0 Å². The molecule has 0 radical (unpaired) electrons. The third-order valence-corrected chi connectivity index (χ3v) is 8.30. The Bertz CT molecular complexity index is 1480. The number of rotatable bonds is 6. The van der Waals surface area contributed by atoms with Crippen molar-refractivity contribution in [3.63, 3.8) is 0 Å². The molecule has 2 fully saturated rings. The smallest absolute Gasteiger partial charge is 0.294 e. The summed E-state index contributed by atoms with van der Waals surface area (Å²) in [5, 5.41) is 12.1. The molecule has 8 nitrogen and oxygen atoms in total. The third kappa shape index (κ3) is 4.96. The molecule has 0 bridgehead atoms. The second kappa shape index (κ2) is 10.7. The SMILES string of the molecule is Cc1cc(/C=C2\SC(=O)N(Cc3ccccc3Cl)C2=O)c(C)n1-c1ccc(N2CCCCC2)c([N+](=O)[O-])c1. The number of anilines is 1. The number of imide groups is 1.